The van der Waals surface area contributed by atoms with Gasteiger partial charge in [0.1, 0.15) is 5.75 Å². The normalized spacial score (nSPS) is 14.0. The Balaban J connectivity index is 1.79. The molecule has 1 fully saturated rings. The summed E-state index contributed by atoms with van der Waals surface area (Å²) in [5.74, 6) is 0.471. The molecule has 6 heteroatoms. The van der Waals surface area contributed by atoms with E-state index in [0.29, 0.717) is 61.4 Å². The Morgan fingerprint density at radius 2 is 1.68 bits per heavy atom. The quantitative estimate of drug-likeness (QED) is 0.831. The van der Waals surface area contributed by atoms with Gasteiger partial charge in [-0.1, -0.05) is 38.1 Å². The lowest BCUT2D eigenvalue weighted by atomic mass is 10.1. The Morgan fingerprint density at radius 3 is 2.39 bits per heavy atom. The number of amides is 2. The zero-order chi connectivity index (χ0) is 19.9. The molecule has 0 saturated carbocycles. The van der Waals surface area contributed by atoms with Crippen LogP contribution >= 0.6 is 0 Å². The highest BCUT2D eigenvalue weighted by Crippen LogP contribution is 2.23. The van der Waals surface area contributed by atoms with E-state index in [1.165, 1.54) is 0 Å². The molecular formula is C22H26N2O4. The fourth-order valence-corrected chi connectivity index (χ4v) is 2.94. The van der Waals surface area contributed by atoms with Crippen molar-refractivity contribution in [3.8, 4) is 5.75 Å². The lowest BCUT2D eigenvalue weighted by molar-refractivity contribution is 0.0303. The first kappa shape index (κ1) is 19.9. The molecule has 2 aromatic rings. The third-order valence-electron chi connectivity index (χ3n) is 4.41. The van der Waals surface area contributed by atoms with Gasteiger partial charge in [-0.25, -0.2) is 0 Å². The van der Waals surface area contributed by atoms with Crippen molar-refractivity contribution in [2.75, 3.05) is 38.2 Å². The van der Waals surface area contributed by atoms with Crippen LogP contribution < -0.4 is 10.1 Å². The molecule has 0 aliphatic carbocycles. The molecule has 28 heavy (non-hydrogen) atoms. The van der Waals surface area contributed by atoms with E-state index in [-0.39, 0.29) is 11.8 Å². The molecule has 0 bridgehead atoms. The van der Waals surface area contributed by atoms with Crippen LogP contribution in [0.5, 0.6) is 5.75 Å². The van der Waals surface area contributed by atoms with Gasteiger partial charge in [0.2, 0.25) is 0 Å². The molecule has 6 nitrogen and oxygen atoms in total. The molecule has 1 N–H and O–H groups in total. The van der Waals surface area contributed by atoms with Gasteiger partial charge >= 0.3 is 0 Å². The summed E-state index contributed by atoms with van der Waals surface area (Å²) in [7, 11) is 0. The highest BCUT2D eigenvalue weighted by molar-refractivity contribution is 6.10. The number of nitrogens with zero attached hydrogens (tertiary/aromatic N) is 1. The molecule has 2 aromatic carbocycles. The second-order valence-corrected chi connectivity index (χ2v) is 7.11. The minimum atomic E-state index is -0.304. The number of nitrogens with one attached hydrogen (secondary N) is 1. The second kappa shape index (κ2) is 9.37. The smallest absolute Gasteiger partial charge is 0.259 e. The van der Waals surface area contributed by atoms with Crippen LogP contribution in [0.2, 0.25) is 0 Å². The average Bonchev–Trinajstić information content (AvgIpc) is 2.73. The fraction of sp³-hybridized carbons (Fsp3) is 0.364. The first-order valence-corrected chi connectivity index (χ1v) is 9.55. The number of hydrogen-bond donors (Lipinski definition) is 1. The van der Waals surface area contributed by atoms with Gasteiger partial charge in [-0.15, -0.1) is 0 Å². The molecule has 1 heterocycles. The maximum Gasteiger partial charge on any atom is 0.259 e. The maximum atomic E-state index is 12.9. The number of benzene rings is 2. The van der Waals surface area contributed by atoms with Crippen LogP contribution in [0, 0.1) is 5.92 Å². The van der Waals surface area contributed by atoms with Gasteiger partial charge in [-0.3, -0.25) is 9.59 Å². The predicted octanol–water partition coefficient (Wildman–Crippen LogP) is 3.45. The SMILES string of the molecule is CC(C)COc1ccccc1C(=O)Nc1ccccc1C(=O)N1CCOCC1. The summed E-state index contributed by atoms with van der Waals surface area (Å²) >= 11 is 0. The lowest BCUT2D eigenvalue weighted by Crippen LogP contribution is -2.41. The summed E-state index contributed by atoms with van der Waals surface area (Å²) in [4.78, 5) is 27.5. The van der Waals surface area contributed by atoms with E-state index >= 15 is 0 Å². The van der Waals surface area contributed by atoms with Crippen molar-refractivity contribution in [1.29, 1.82) is 0 Å². The van der Waals surface area contributed by atoms with E-state index in [1.807, 2.05) is 6.07 Å². The molecule has 1 aliphatic rings. The van der Waals surface area contributed by atoms with Crippen molar-refractivity contribution in [2.24, 2.45) is 5.92 Å². The summed E-state index contributed by atoms with van der Waals surface area (Å²) in [6, 6.07) is 14.2. The Hall–Kier alpha value is -2.86. The van der Waals surface area contributed by atoms with Crippen LogP contribution in [0.25, 0.3) is 0 Å². The molecule has 148 valence electrons. The summed E-state index contributed by atoms with van der Waals surface area (Å²) in [6.07, 6.45) is 0. The third kappa shape index (κ3) is 4.89. The van der Waals surface area contributed by atoms with Crippen LogP contribution in [0.1, 0.15) is 34.6 Å². The van der Waals surface area contributed by atoms with Gasteiger partial charge in [-0.2, -0.15) is 0 Å². The van der Waals surface area contributed by atoms with Crippen LogP contribution in [0.15, 0.2) is 48.5 Å². The number of morpholine rings is 1. The molecule has 3 rings (SSSR count). The van der Waals surface area contributed by atoms with Gasteiger partial charge in [0.25, 0.3) is 11.8 Å². The first-order chi connectivity index (χ1) is 13.6. The highest BCUT2D eigenvalue weighted by Gasteiger charge is 2.22. The Kier molecular flexibility index (Phi) is 6.66. The molecule has 0 unspecified atom stereocenters. The van der Waals surface area contributed by atoms with Crippen LogP contribution in [0.4, 0.5) is 5.69 Å². The minimum Gasteiger partial charge on any atom is -0.492 e. The monoisotopic (exact) mass is 382 g/mol. The standard InChI is InChI=1S/C22H26N2O4/c1-16(2)15-28-20-10-6-4-8-18(20)21(25)23-19-9-5-3-7-17(19)22(26)24-11-13-27-14-12-24/h3-10,16H,11-15H2,1-2H3,(H,23,25). The zero-order valence-corrected chi connectivity index (χ0v) is 16.3. The number of para-hydroxylation sites is 2. The van der Waals surface area contributed by atoms with Crippen molar-refractivity contribution >= 4 is 17.5 Å². The van der Waals surface area contributed by atoms with Crippen molar-refractivity contribution in [2.45, 2.75) is 13.8 Å². The molecule has 1 saturated heterocycles. The largest absolute Gasteiger partial charge is 0.492 e. The average molecular weight is 382 g/mol. The van der Waals surface area contributed by atoms with Gasteiger partial charge in [-0.05, 0) is 30.2 Å². The molecule has 2 amide bonds. The lowest BCUT2D eigenvalue weighted by Gasteiger charge is -2.27. The second-order valence-electron chi connectivity index (χ2n) is 7.11. The molecule has 1 aliphatic heterocycles. The summed E-state index contributed by atoms with van der Waals surface area (Å²) < 4.78 is 11.1. The van der Waals surface area contributed by atoms with Crippen molar-refractivity contribution in [1.82, 2.24) is 4.90 Å². The van der Waals surface area contributed by atoms with E-state index in [4.69, 9.17) is 9.47 Å². The number of ether oxygens (including phenoxy) is 2. The third-order valence-corrected chi connectivity index (χ3v) is 4.41. The van der Waals surface area contributed by atoms with E-state index < -0.39 is 0 Å². The first-order valence-electron chi connectivity index (χ1n) is 9.55. The molecule has 0 atom stereocenters. The Bertz CT molecular complexity index is 829. The number of rotatable bonds is 6. The van der Waals surface area contributed by atoms with Gasteiger partial charge < -0.3 is 19.7 Å². The van der Waals surface area contributed by atoms with Gasteiger partial charge in [0, 0.05) is 13.1 Å². The van der Waals surface area contributed by atoms with Crippen molar-refractivity contribution < 1.29 is 19.1 Å². The number of hydrogen-bond acceptors (Lipinski definition) is 4. The summed E-state index contributed by atoms with van der Waals surface area (Å²) in [5.41, 5.74) is 1.40. The van der Waals surface area contributed by atoms with Gasteiger partial charge in [0.05, 0.1) is 36.6 Å². The van der Waals surface area contributed by atoms with Crippen molar-refractivity contribution in [3.05, 3.63) is 59.7 Å². The number of carbonyl (C=O) groups excluding carboxylic acids is 2. The number of carbonyl (C=O) groups is 2. The summed E-state index contributed by atoms with van der Waals surface area (Å²) in [5, 5.41) is 2.88. The van der Waals surface area contributed by atoms with Crippen LogP contribution in [-0.2, 0) is 4.74 Å². The Labute approximate surface area is 165 Å². The molecule has 0 aromatic heterocycles. The van der Waals surface area contributed by atoms with E-state index in [2.05, 4.69) is 19.2 Å². The fourth-order valence-electron chi connectivity index (χ4n) is 2.94. The topological polar surface area (TPSA) is 67.9 Å². The Morgan fingerprint density at radius 1 is 1.04 bits per heavy atom. The zero-order valence-electron chi connectivity index (χ0n) is 16.3. The molecule has 0 radical (unpaired) electrons. The minimum absolute atomic E-state index is 0.108. The molecule has 0 spiro atoms. The van der Waals surface area contributed by atoms with Crippen LogP contribution in [-0.4, -0.2) is 49.6 Å². The van der Waals surface area contributed by atoms with Crippen LogP contribution in [0.3, 0.4) is 0 Å². The predicted molar refractivity (Wildman–Crippen MR) is 108 cm³/mol. The summed E-state index contributed by atoms with van der Waals surface area (Å²) in [6.45, 7) is 6.78. The highest BCUT2D eigenvalue weighted by atomic mass is 16.5. The maximum absolute atomic E-state index is 12.9. The van der Waals surface area contributed by atoms with E-state index in [1.54, 1.807) is 47.4 Å². The van der Waals surface area contributed by atoms with Gasteiger partial charge in [0.15, 0.2) is 0 Å². The van der Waals surface area contributed by atoms with Crippen molar-refractivity contribution in [3.63, 3.8) is 0 Å². The number of anilines is 1. The molecular weight excluding hydrogens is 356 g/mol. The van der Waals surface area contributed by atoms with E-state index in [0.717, 1.165) is 0 Å². The van der Waals surface area contributed by atoms with E-state index in [9.17, 15) is 9.59 Å².